The van der Waals surface area contributed by atoms with Crippen molar-refractivity contribution < 1.29 is 39.9 Å². The van der Waals surface area contributed by atoms with E-state index in [-0.39, 0.29) is 17.6 Å². The van der Waals surface area contributed by atoms with Crippen LogP contribution in [0.1, 0.15) is 25.1 Å². The van der Waals surface area contributed by atoms with E-state index in [1.54, 1.807) is 9.80 Å². The summed E-state index contributed by atoms with van der Waals surface area (Å²) in [6, 6.07) is 0.934. The summed E-state index contributed by atoms with van der Waals surface area (Å²) < 4.78 is 98.4. The number of amides is 1. The number of piperidine rings is 1. The summed E-state index contributed by atoms with van der Waals surface area (Å²) in [6.45, 7) is 1.06. The molecule has 15 heteroatoms. The lowest BCUT2D eigenvalue weighted by Crippen LogP contribution is -2.47. The molecule has 8 nitrogen and oxygen atoms in total. The lowest BCUT2D eigenvalue weighted by atomic mass is 10.0. The summed E-state index contributed by atoms with van der Waals surface area (Å²) in [5.74, 6) is -4.44. The molecule has 0 spiro atoms. The van der Waals surface area contributed by atoms with Crippen molar-refractivity contribution >= 4 is 32.4 Å². The van der Waals surface area contributed by atoms with E-state index in [1.165, 1.54) is 0 Å². The van der Waals surface area contributed by atoms with Crippen LogP contribution in [0.2, 0.25) is 0 Å². The molecule has 1 amide bonds. The number of anilines is 1. The number of benzene rings is 1. The number of likely N-dealkylation sites (tertiary alicyclic amines) is 1. The Morgan fingerprint density at radius 2 is 1.76 bits per heavy atom. The number of sulfone groups is 1. The van der Waals surface area contributed by atoms with Crippen LogP contribution in [0.3, 0.4) is 0 Å². The molecule has 0 aliphatic carbocycles. The quantitative estimate of drug-likeness (QED) is 0.554. The smallest absolute Gasteiger partial charge is 0.452 e. The van der Waals surface area contributed by atoms with Crippen LogP contribution in [0.4, 0.5) is 27.1 Å². The van der Waals surface area contributed by atoms with Gasteiger partial charge in [-0.15, -0.1) is 0 Å². The van der Waals surface area contributed by atoms with Crippen molar-refractivity contribution in [1.82, 2.24) is 14.3 Å². The minimum absolute atomic E-state index is 0.162. The molecule has 0 bridgehead atoms. The Labute approximate surface area is 195 Å². The average Bonchev–Trinajstić information content (AvgIpc) is 3.38. The van der Waals surface area contributed by atoms with Crippen LogP contribution in [0.15, 0.2) is 17.0 Å². The Hall–Kier alpha value is -2.55. The van der Waals surface area contributed by atoms with Gasteiger partial charge in [0.25, 0.3) is 5.91 Å². The number of ether oxygens (including phenoxy) is 1. The molecule has 3 heterocycles. The van der Waals surface area contributed by atoms with Gasteiger partial charge in [0.15, 0.2) is 27.5 Å². The van der Waals surface area contributed by atoms with Crippen molar-refractivity contribution in [2.24, 2.45) is 0 Å². The van der Waals surface area contributed by atoms with E-state index in [2.05, 4.69) is 9.36 Å². The van der Waals surface area contributed by atoms with E-state index in [1.807, 2.05) is 0 Å². The van der Waals surface area contributed by atoms with Gasteiger partial charge in [-0.1, -0.05) is 0 Å². The van der Waals surface area contributed by atoms with Gasteiger partial charge in [0.1, 0.15) is 10.7 Å². The summed E-state index contributed by atoms with van der Waals surface area (Å²) in [6.07, 6.45) is -3.75. The van der Waals surface area contributed by atoms with Crippen molar-refractivity contribution in [3.05, 3.63) is 29.6 Å². The summed E-state index contributed by atoms with van der Waals surface area (Å²) in [4.78, 5) is 18.8. The fraction of sp³-hybridized carbons (Fsp3) is 0.526. The highest BCUT2D eigenvalue weighted by Gasteiger charge is 2.40. The first-order valence-corrected chi connectivity index (χ1v) is 12.8. The number of carbonyl (C=O) groups is 1. The van der Waals surface area contributed by atoms with Crippen LogP contribution in [0.5, 0.6) is 5.75 Å². The maximum atomic E-state index is 14.3. The molecule has 2 aliphatic heterocycles. The molecular weight excluding hydrogens is 507 g/mol. The topological polar surface area (TPSA) is 92.7 Å². The average molecular weight is 527 g/mol. The van der Waals surface area contributed by atoms with Gasteiger partial charge in [0.2, 0.25) is 11.0 Å². The van der Waals surface area contributed by atoms with E-state index in [0.717, 1.165) is 6.26 Å². The van der Waals surface area contributed by atoms with Gasteiger partial charge in [0.05, 0.1) is 0 Å². The minimum Gasteiger partial charge on any atom is -0.477 e. The van der Waals surface area contributed by atoms with Crippen LogP contribution < -0.4 is 9.64 Å². The van der Waals surface area contributed by atoms with Crippen molar-refractivity contribution in [2.45, 2.75) is 42.5 Å². The number of halogens is 5. The minimum atomic E-state index is -4.61. The van der Waals surface area contributed by atoms with Crippen molar-refractivity contribution in [2.75, 3.05) is 30.8 Å². The predicted molar refractivity (Wildman–Crippen MR) is 110 cm³/mol. The molecular formula is C19H19F5N4O4S2. The second-order valence-corrected chi connectivity index (χ2v) is 10.7. The predicted octanol–water partition coefficient (Wildman–Crippen LogP) is 2.89. The fourth-order valence-corrected chi connectivity index (χ4v) is 5.48. The maximum absolute atomic E-state index is 14.3. The first-order valence-electron chi connectivity index (χ1n) is 10.2. The van der Waals surface area contributed by atoms with E-state index >= 15 is 0 Å². The normalized spacial score (nSPS) is 20.3. The Balaban J connectivity index is 1.37. The number of rotatable bonds is 5. The number of hydrogen-bond acceptors (Lipinski definition) is 8. The monoisotopic (exact) mass is 526 g/mol. The zero-order valence-corrected chi connectivity index (χ0v) is 19.3. The number of nitrogens with zero attached hydrogens (tertiary/aromatic N) is 4. The van der Waals surface area contributed by atoms with Crippen LogP contribution >= 0.6 is 11.5 Å². The third-order valence-corrected chi connectivity index (χ3v) is 7.58. The standard InChI is InChI=1S/C19H19F5N4O4S2/c1-34(30,31)15-9-11(20)14(8-12(15)21)32-13-4-7-28(16(13)29)10-2-5-27(6-3-10)18-25-17(26-33-18)19(22,23)24/h8-10,13H,2-7H2,1H3/t13-/m0/s1. The molecule has 0 saturated carbocycles. The molecule has 1 atom stereocenters. The second kappa shape index (κ2) is 8.91. The first-order chi connectivity index (χ1) is 15.8. The summed E-state index contributed by atoms with van der Waals surface area (Å²) in [5, 5.41) is 0.162. The zero-order valence-electron chi connectivity index (χ0n) is 17.7. The van der Waals surface area contributed by atoms with Crippen LogP contribution in [-0.4, -0.2) is 66.6 Å². The fourth-order valence-electron chi connectivity index (χ4n) is 4.01. The van der Waals surface area contributed by atoms with Gasteiger partial charge in [-0.2, -0.15) is 22.5 Å². The second-order valence-electron chi connectivity index (χ2n) is 8.03. The Bertz CT molecular complexity index is 1200. The zero-order chi connectivity index (χ0) is 24.8. The molecule has 186 valence electrons. The highest BCUT2D eigenvalue weighted by Crippen LogP contribution is 2.33. The maximum Gasteiger partial charge on any atom is 0.452 e. The number of hydrogen-bond donors (Lipinski definition) is 0. The van der Waals surface area contributed by atoms with Crippen LogP contribution in [0.25, 0.3) is 0 Å². The first kappa shape index (κ1) is 24.6. The third kappa shape index (κ3) is 4.94. The van der Waals surface area contributed by atoms with Gasteiger partial charge in [-0.05, 0) is 18.9 Å². The number of carbonyl (C=O) groups excluding carboxylic acids is 1. The molecule has 2 saturated heterocycles. The lowest BCUT2D eigenvalue weighted by Gasteiger charge is -2.36. The molecule has 34 heavy (non-hydrogen) atoms. The Kier molecular flexibility index (Phi) is 6.44. The highest BCUT2D eigenvalue weighted by molar-refractivity contribution is 7.90. The van der Waals surface area contributed by atoms with Gasteiger partial charge >= 0.3 is 6.18 Å². The number of aromatic nitrogens is 2. The summed E-state index contributed by atoms with van der Waals surface area (Å²) in [5.41, 5.74) is 0. The Morgan fingerprint density at radius 3 is 2.35 bits per heavy atom. The van der Waals surface area contributed by atoms with Crippen molar-refractivity contribution in [3.8, 4) is 5.75 Å². The molecule has 4 rings (SSSR count). The molecule has 1 aromatic carbocycles. The third-order valence-electron chi connectivity index (χ3n) is 5.69. The summed E-state index contributed by atoms with van der Waals surface area (Å²) >= 11 is 0.664. The molecule has 2 aromatic rings. The molecule has 1 aromatic heterocycles. The molecule has 0 radical (unpaired) electrons. The number of alkyl halides is 3. The van der Waals surface area contributed by atoms with Crippen molar-refractivity contribution in [1.29, 1.82) is 0 Å². The van der Waals surface area contributed by atoms with Gasteiger partial charge in [0, 0.05) is 56.0 Å². The van der Waals surface area contributed by atoms with Gasteiger partial charge < -0.3 is 14.5 Å². The molecule has 0 unspecified atom stereocenters. The van der Waals surface area contributed by atoms with Crippen molar-refractivity contribution in [3.63, 3.8) is 0 Å². The summed E-state index contributed by atoms with van der Waals surface area (Å²) in [7, 11) is -3.98. The Morgan fingerprint density at radius 1 is 1.09 bits per heavy atom. The molecule has 2 aliphatic rings. The van der Waals surface area contributed by atoms with E-state index in [9.17, 15) is 35.2 Å². The largest absolute Gasteiger partial charge is 0.477 e. The molecule has 2 fully saturated rings. The SMILES string of the molecule is CS(=O)(=O)c1cc(F)c(O[C@H]2CCN(C3CCN(c4nc(C(F)(F)F)ns4)CC3)C2=O)cc1F. The van der Waals surface area contributed by atoms with E-state index in [4.69, 9.17) is 4.74 Å². The van der Waals surface area contributed by atoms with Gasteiger partial charge in [-0.3, -0.25) is 4.79 Å². The highest BCUT2D eigenvalue weighted by atomic mass is 32.2. The van der Waals surface area contributed by atoms with E-state index in [0.29, 0.717) is 56.1 Å². The molecule has 0 N–H and O–H groups in total. The van der Waals surface area contributed by atoms with E-state index < -0.39 is 56.1 Å². The lowest BCUT2D eigenvalue weighted by molar-refractivity contribution is -0.144. The van der Waals surface area contributed by atoms with Gasteiger partial charge in [-0.25, -0.2) is 17.2 Å². The van der Waals surface area contributed by atoms with Crippen LogP contribution in [0, 0.1) is 11.6 Å². The van der Waals surface area contributed by atoms with Crippen LogP contribution in [-0.2, 0) is 20.8 Å².